The molecule has 0 radical (unpaired) electrons. The van der Waals surface area contributed by atoms with Crippen molar-refractivity contribution in [2.24, 2.45) is 5.92 Å². The van der Waals surface area contributed by atoms with Gasteiger partial charge in [0.2, 0.25) is 15.4 Å². The van der Waals surface area contributed by atoms with Gasteiger partial charge in [-0.3, -0.25) is 4.55 Å². The molecule has 9 nitrogen and oxygen atoms in total. The van der Waals surface area contributed by atoms with Crippen molar-refractivity contribution in [1.82, 2.24) is 9.30 Å². The van der Waals surface area contributed by atoms with Gasteiger partial charge in [-0.15, -0.1) is 23.5 Å². The molecule has 13 heteroatoms. The van der Waals surface area contributed by atoms with E-state index >= 15 is 0 Å². The van der Waals surface area contributed by atoms with Crippen LogP contribution >= 0.6 is 23.5 Å². The highest BCUT2D eigenvalue weighted by Gasteiger charge is 2.28. The molecule has 0 amide bonds. The molecule has 1 atom stereocenters. The molecule has 4 aromatic rings. The van der Waals surface area contributed by atoms with Crippen molar-refractivity contribution >= 4 is 60.3 Å². The largest absolute Gasteiger partial charge is 0.456 e. The van der Waals surface area contributed by atoms with Crippen LogP contribution in [0, 0.1) is 5.92 Å². The number of rotatable bonds is 21. The summed E-state index contributed by atoms with van der Waals surface area (Å²) in [5.41, 5.74) is 3.09. The van der Waals surface area contributed by atoms with Gasteiger partial charge in [0.25, 0.3) is 10.1 Å². The van der Waals surface area contributed by atoms with Crippen LogP contribution < -0.4 is 19.6 Å². The van der Waals surface area contributed by atoms with Crippen molar-refractivity contribution in [1.29, 1.82) is 0 Å². The zero-order valence-electron chi connectivity index (χ0n) is 34.8. The minimum atomic E-state index is -4.73. The normalized spacial score (nSPS) is 13.2. The third-order valence-corrected chi connectivity index (χ3v) is 15.1. The number of hydrogen-bond donors (Lipinski definition) is 2. The molecule has 1 aliphatic heterocycles. The van der Waals surface area contributed by atoms with E-state index in [2.05, 4.69) is 59.2 Å². The Balaban J connectivity index is 1.50. The summed E-state index contributed by atoms with van der Waals surface area (Å²) in [4.78, 5) is 3.98. The summed E-state index contributed by atoms with van der Waals surface area (Å²) in [5, 5.41) is 1.64. The molecule has 2 aliphatic rings. The molecule has 318 valence electrons. The Kier molecular flexibility index (Phi) is 16.0. The van der Waals surface area contributed by atoms with E-state index in [4.69, 9.17) is 4.42 Å². The van der Waals surface area contributed by atoms with Gasteiger partial charge in [-0.1, -0.05) is 75.6 Å². The highest BCUT2D eigenvalue weighted by atomic mass is 32.2. The highest BCUT2D eigenvalue weighted by molar-refractivity contribution is 7.99. The van der Waals surface area contributed by atoms with E-state index < -0.39 is 25.0 Å². The molecule has 0 saturated carbocycles. The van der Waals surface area contributed by atoms with Crippen LogP contribution in [0.3, 0.4) is 0 Å². The molecule has 0 bridgehead atoms. The second-order valence-corrected chi connectivity index (χ2v) is 20.2. The van der Waals surface area contributed by atoms with Crippen LogP contribution in [0.1, 0.15) is 53.4 Å². The number of benzene rings is 5. The Labute approximate surface area is 364 Å². The first kappa shape index (κ1) is 45.4. The van der Waals surface area contributed by atoms with Crippen molar-refractivity contribution < 1.29 is 25.8 Å². The van der Waals surface area contributed by atoms with Crippen LogP contribution in [-0.2, 0) is 20.1 Å². The summed E-state index contributed by atoms with van der Waals surface area (Å²) in [7, 11) is -9.01. The van der Waals surface area contributed by atoms with Gasteiger partial charge in [0.1, 0.15) is 17.9 Å². The lowest BCUT2D eigenvalue weighted by molar-refractivity contribution is 0.443. The number of nitrogens with one attached hydrogen (secondary N) is 1. The number of anilines is 1. The third-order valence-electron chi connectivity index (χ3n) is 10.8. The van der Waals surface area contributed by atoms with Gasteiger partial charge >= 0.3 is 0 Å². The van der Waals surface area contributed by atoms with Gasteiger partial charge in [-0.05, 0) is 80.8 Å². The number of fused-ring (bicyclic) bond motifs is 2. The summed E-state index contributed by atoms with van der Waals surface area (Å²) in [5.74, 6) is 2.42. The van der Waals surface area contributed by atoms with Gasteiger partial charge in [0, 0.05) is 75.1 Å². The minimum absolute atomic E-state index is 0.113. The predicted octanol–water partition coefficient (Wildman–Crippen LogP) is 10.1. The molecule has 1 heterocycles. The van der Waals surface area contributed by atoms with E-state index in [1.807, 2.05) is 79.7 Å². The first-order chi connectivity index (χ1) is 28.9. The summed E-state index contributed by atoms with van der Waals surface area (Å²) in [6, 6.07) is 36.4. The van der Waals surface area contributed by atoms with Crippen LogP contribution in [0.25, 0.3) is 33.4 Å². The topological polar surface area (TPSA) is 120 Å². The lowest BCUT2D eigenvalue weighted by Gasteiger charge is -2.24. The predicted molar refractivity (Wildman–Crippen MR) is 249 cm³/mol. The second kappa shape index (κ2) is 21.1. The maximum Gasteiger partial charge on any atom is 0.294 e. The standard InChI is InChI=1S/C47H55N3O6S4/c1-5-9-16-35(6-2)34-48-59(51,52)46-33-40(60(53,54)55)23-26-43(46)47-41-24-21-36(49(7-3)27-29-57-38-17-12-10-13-18-38)31-44(41)56-45-32-37(22-25-42(45)47)50(8-4)28-30-58-39-19-14-11-15-20-39/h10-15,17-26,31-33,35,48H,5-9,16,27-30,34H2,1-4H3/p+1. The van der Waals surface area contributed by atoms with Crippen LogP contribution in [-0.4, -0.2) is 65.6 Å². The van der Waals surface area contributed by atoms with Crippen LogP contribution in [0.4, 0.5) is 5.69 Å². The number of sulfonamides is 1. The van der Waals surface area contributed by atoms with E-state index in [1.54, 1.807) is 23.5 Å². The van der Waals surface area contributed by atoms with E-state index in [0.717, 1.165) is 80.5 Å². The molecule has 2 N–H and O–H groups in total. The molecule has 1 unspecified atom stereocenters. The molecule has 0 fully saturated rings. The van der Waals surface area contributed by atoms with Crippen LogP contribution in [0.15, 0.2) is 139 Å². The zero-order chi connectivity index (χ0) is 42.7. The van der Waals surface area contributed by atoms with Crippen molar-refractivity contribution in [2.45, 2.75) is 73.0 Å². The molecule has 1 aliphatic carbocycles. The Hall–Kier alpha value is -4.11. The summed E-state index contributed by atoms with van der Waals surface area (Å²) < 4.78 is 75.8. The summed E-state index contributed by atoms with van der Waals surface area (Å²) in [6.07, 6.45) is 3.63. The van der Waals surface area contributed by atoms with Gasteiger partial charge in [-0.2, -0.15) is 8.42 Å². The SMILES string of the molecule is CCCCC(CC)CNS(=O)(=O)c1cc(S(=O)(=O)O)ccc1-c1c2ccc(=[N+](CC)CCSc3ccccc3)cc-2oc2cc(N(CC)CCSc3ccccc3)ccc12. The lowest BCUT2D eigenvalue weighted by Crippen LogP contribution is -2.31. The summed E-state index contributed by atoms with van der Waals surface area (Å²) >= 11 is 3.59. The van der Waals surface area contributed by atoms with E-state index in [-0.39, 0.29) is 17.4 Å². The fraction of sp³-hybridized carbons (Fsp3) is 0.340. The first-order valence-electron chi connectivity index (χ1n) is 20.8. The van der Waals surface area contributed by atoms with E-state index in [0.29, 0.717) is 33.4 Å². The highest BCUT2D eigenvalue weighted by Crippen LogP contribution is 2.43. The van der Waals surface area contributed by atoms with Gasteiger partial charge in [0.05, 0.1) is 21.6 Å². The maximum atomic E-state index is 14.4. The molecular formula is C47H56N3O6S4+. The molecule has 0 aromatic heterocycles. The number of thioether (sulfide) groups is 2. The van der Waals surface area contributed by atoms with Crippen molar-refractivity contribution in [3.63, 3.8) is 0 Å². The Morgan fingerprint density at radius 3 is 2.10 bits per heavy atom. The van der Waals surface area contributed by atoms with Crippen molar-refractivity contribution in [3.8, 4) is 22.5 Å². The van der Waals surface area contributed by atoms with Crippen molar-refractivity contribution in [2.75, 3.05) is 49.1 Å². The minimum Gasteiger partial charge on any atom is -0.456 e. The quantitative estimate of drug-likeness (QED) is 0.0315. The molecule has 6 rings (SSSR count). The molecule has 4 aromatic carbocycles. The van der Waals surface area contributed by atoms with Crippen LogP contribution in [0.2, 0.25) is 0 Å². The molecular weight excluding hydrogens is 831 g/mol. The number of unbranched alkanes of at least 4 members (excludes halogenated alkanes) is 1. The summed E-state index contributed by atoms with van der Waals surface area (Å²) in [6.45, 7) is 11.7. The Morgan fingerprint density at radius 1 is 0.783 bits per heavy atom. The Morgan fingerprint density at radius 2 is 1.47 bits per heavy atom. The molecule has 0 saturated heterocycles. The van der Waals surface area contributed by atoms with Crippen LogP contribution in [0.5, 0.6) is 0 Å². The molecule has 0 spiro atoms. The maximum absolute atomic E-state index is 14.4. The monoisotopic (exact) mass is 886 g/mol. The van der Waals surface area contributed by atoms with Gasteiger partial charge in [-0.25, -0.2) is 17.7 Å². The first-order valence-corrected chi connectivity index (χ1v) is 25.7. The number of hydrogen-bond acceptors (Lipinski definition) is 8. The number of nitrogens with zero attached hydrogens (tertiary/aromatic N) is 2. The van der Waals surface area contributed by atoms with Gasteiger partial charge in [0.15, 0.2) is 6.54 Å². The fourth-order valence-corrected chi connectivity index (χ4v) is 11.1. The average molecular weight is 887 g/mol. The van der Waals surface area contributed by atoms with E-state index in [9.17, 15) is 21.4 Å². The third kappa shape index (κ3) is 11.4. The fourth-order valence-electron chi connectivity index (χ4n) is 7.41. The lowest BCUT2D eigenvalue weighted by atomic mass is 9.93. The molecule has 60 heavy (non-hydrogen) atoms. The second-order valence-electron chi connectivity index (χ2n) is 14.7. The average Bonchev–Trinajstić information content (AvgIpc) is 3.25. The van der Waals surface area contributed by atoms with Crippen molar-refractivity contribution in [3.05, 3.63) is 121 Å². The zero-order valence-corrected chi connectivity index (χ0v) is 38.1. The Bertz CT molecular complexity index is 2620. The smallest absolute Gasteiger partial charge is 0.294 e. The van der Waals surface area contributed by atoms with E-state index in [1.165, 1.54) is 21.9 Å². The van der Waals surface area contributed by atoms with Gasteiger partial charge < -0.3 is 9.32 Å².